The van der Waals surface area contributed by atoms with Crippen molar-refractivity contribution in [1.82, 2.24) is 5.32 Å². The molecule has 0 aliphatic carbocycles. The Labute approximate surface area is 72.3 Å². The molecule has 0 saturated heterocycles. The quantitative estimate of drug-likeness (QED) is 0.459. The third-order valence-electron chi connectivity index (χ3n) is 1.25. The van der Waals surface area contributed by atoms with Crippen LogP contribution in [0.15, 0.2) is 0 Å². The predicted molar refractivity (Wildman–Crippen MR) is 46.6 cm³/mol. The molecule has 3 N–H and O–H groups in total. The summed E-state index contributed by atoms with van der Waals surface area (Å²) in [4.78, 5) is 10.9. The Morgan fingerprint density at radius 1 is 1.45 bits per heavy atom. The highest BCUT2D eigenvalue weighted by Gasteiger charge is 1.97. The molecule has 3 nitrogen and oxygen atoms in total. The van der Waals surface area contributed by atoms with Crippen LogP contribution in [0.5, 0.6) is 0 Å². The highest BCUT2D eigenvalue weighted by Crippen LogP contribution is 1.96. The molecule has 0 heterocycles. The SMILES string of the molecule is NCCNC(=O)CCCCCl. The van der Waals surface area contributed by atoms with Gasteiger partial charge in [0, 0.05) is 25.4 Å². The molecule has 0 fully saturated rings. The molecule has 0 aliphatic rings. The van der Waals surface area contributed by atoms with Crippen molar-refractivity contribution >= 4 is 17.5 Å². The van der Waals surface area contributed by atoms with Crippen LogP contribution in [0.2, 0.25) is 0 Å². The summed E-state index contributed by atoms with van der Waals surface area (Å²) in [7, 11) is 0. The van der Waals surface area contributed by atoms with Crippen molar-refractivity contribution < 1.29 is 4.79 Å². The molecule has 0 unspecified atom stereocenters. The van der Waals surface area contributed by atoms with Gasteiger partial charge in [0.25, 0.3) is 0 Å². The summed E-state index contributed by atoms with van der Waals surface area (Å²) in [5.41, 5.74) is 5.20. The van der Waals surface area contributed by atoms with Gasteiger partial charge in [0.05, 0.1) is 0 Å². The fraction of sp³-hybridized carbons (Fsp3) is 0.857. The third-order valence-corrected chi connectivity index (χ3v) is 1.52. The summed E-state index contributed by atoms with van der Waals surface area (Å²) in [6, 6.07) is 0. The van der Waals surface area contributed by atoms with Crippen molar-refractivity contribution in [3.63, 3.8) is 0 Å². The average molecular weight is 179 g/mol. The number of hydrogen-bond donors (Lipinski definition) is 2. The van der Waals surface area contributed by atoms with Gasteiger partial charge in [0.15, 0.2) is 0 Å². The molecule has 11 heavy (non-hydrogen) atoms. The zero-order chi connectivity index (χ0) is 8.53. The highest BCUT2D eigenvalue weighted by atomic mass is 35.5. The summed E-state index contributed by atoms with van der Waals surface area (Å²) in [6.07, 6.45) is 2.32. The number of carbonyl (C=O) groups is 1. The number of nitrogens with two attached hydrogens (primary N) is 1. The number of alkyl halides is 1. The minimum absolute atomic E-state index is 0.0700. The van der Waals surface area contributed by atoms with Crippen molar-refractivity contribution in [2.45, 2.75) is 19.3 Å². The largest absolute Gasteiger partial charge is 0.355 e. The Kier molecular flexibility index (Phi) is 7.62. The van der Waals surface area contributed by atoms with Gasteiger partial charge in [-0.15, -0.1) is 11.6 Å². The van der Waals surface area contributed by atoms with E-state index in [1.165, 1.54) is 0 Å². The van der Waals surface area contributed by atoms with Crippen LogP contribution in [-0.4, -0.2) is 24.9 Å². The summed E-state index contributed by atoms with van der Waals surface area (Å²) < 4.78 is 0. The standard InChI is InChI=1S/C7H15ClN2O/c8-4-2-1-3-7(11)10-6-5-9/h1-6,9H2,(H,10,11). The fourth-order valence-corrected chi connectivity index (χ4v) is 0.869. The third kappa shape index (κ3) is 7.62. The second kappa shape index (κ2) is 7.82. The Bertz CT molecular complexity index is 109. The van der Waals surface area contributed by atoms with Gasteiger partial charge in [0.1, 0.15) is 0 Å². The highest BCUT2D eigenvalue weighted by molar-refractivity contribution is 6.17. The maximum absolute atomic E-state index is 10.9. The van der Waals surface area contributed by atoms with Gasteiger partial charge in [-0.1, -0.05) is 0 Å². The van der Waals surface area contributed by atoms with E-state index in [1.807, 2.05) is 0 Å². The number of rotatable bonds is 6. The van der Waals surface area contributed by atoms with Crippen molar-refractivity contribution in [3.8, 4) is 0 Å². The van der Waals surface area contributed by atoms with Crippen LogP contribution in [0.3, 0.4) is 0 Å². The average Bonchev–Trinajstić information content (AvgIpc) is 2.01. The first kappa shape index (κ1) is 10.7. The first-order chi connectivity index (χ1) is 5.31. The van der Waals surface area contributed by atoms with E-state index < -0.39 is 0 Å². The van der Waals surface area contributed by atoms with Gasteiger partial charge in [0.2, 0.25) is 5.91 Å². The van der Waals surface area contributed by atoms with Crippen LogP contribution in [0.25, 0.3) is 0 Å². The molecule has 0 aromatic heterocycles. The first-order valence-electron chi connectivity index (χ1n) is 3.84. The normalized spacial score (nSPS) is 9.64. The maximum atomic E-state index is 10.9. The van der Waals surface area contributed by atoms with Crippen molar-refractivity contribution in [2.24, 2.45) is 5.73 Å². The maximum Gasteiger partial charge on any atom is 0.220 e. The summed E-state index contributed by atoms with van der Waals surface area (Å²) in [5.74, 6) is 0.699. The molecule has 1 amide bonds. The van der Waals surface area contributed by atoms with E-state index in [2.05, 4.69) is 5.32 Å². The molecule has 0 saturated carbocycles. The topological polar surface area (TPSA) is 55.1 Å². The van der Waals surface area contributed by atoms with E-state index in [0.717, 1.165) is 12.8 Å². The predicted octanol–water partition coefficient (Wildman–Crippen LogP) is 0.470. The van der Waals surface area contributed by atoms with Crippen LogP contribution in [0.1, 0.15) is 19.3 Å². The van der Waals surface area contributed by atoms with Crippen molar-refractivity contribution in [2.75, 3.05) is 19.0 Å². The minimum atomic E-state index is 0.0700. The second-order valence-corrected chi connectivity index (χ2v) is 2.66. The van der Waals surface area contributed by atoms with Gasteiger partial charge in [-0.2, -0.15) is 0 Å². The molecular weight excluding hydrogens is 164 g/mol. The lowest BCUT2D eigenvalue weighted by Gasteiger charge is -2.01. The van der Waals surface area contributed by atoms with E-state index in [0.29, 0.717) is 25.4 Å². The molecule has 0 bridgehead atoms. The Balaban J connectivity index is 3.09. The molecule has 0 atom stereocenters. The molecule has 0 aromatic rings. The molecule has 0 spiro atoms. The molecule has 66 valence electrons. The van der Waals surface area contributed by atoms with E-state index in [4.69, 9.17) is 17.3 Å². The molecular formula is C7H15ClN2O. The van der Waals surface area contributed by atoms with Crippen LogP contribution >= 0.6 is 11.6 Å². The van der Waals surface area contributed by atoms with Gasteiger partial charge in [-0.05, 0) is 12.8 Å². The minimum Gasteiger partial charge on any atom is -0.355 e. The first-order valence-corrected chi connectivity index (χ1v) is 4.37. The number of nitrogens with one attached hydrogen (secondary N) is 1. The number of unbranched alkanes of at least 4 members (excludes halogenated alkanes) is 1. The van der Waals surface area contributed by atoms with E-state index in [-0.39, 0.29) is 5.91 Å². The zero-order valence-electron chi connectivity index (χ0n) is 6.61. The molecule has 0 radical (unpaired) electrons. The number of hydrogen-bond acceptors (Lipinski definition) is 2. The Morgan fingerprint density at radius 2 is 2.18 bits per heavy atom. The smallest absolute Gasteiger partial charge is 0.220 e. The molecule has 0 rings (SSSR count). The van der Waals surface area contributed by atoms with Crippen LogP contribution in [-0.2, 0) is 4.79 Å². The van der Waals surface area contributed by atoms with Gasteiger partial charge in [-0.25, -0.2) is 0 Å². The fourth-order valence-electron chi connectivity index (χ4n) is 0.680. The summed E-state index contributed by atoms with van der Waals surface area (Å²) >= 11 is 5.44. The number of amides is 1. The molecule has 4 heteroatoms. The zero-order valence-corrected chi connectivity index (χ0v) is 7.36. The van der Waals surface area contributed by atoms with E-state index >= 15 is 0 Å². The van der Waals surface area contributed by atoms with Crippen LogP contribution < -0.4 is 11.1 Å². The summed E-state index contributed by atoms with van der Waals surface area (Å²) in [5, 5.41) is 2.68. The summed E-state index contributed by atoms with van der Waals surface area (Å²) in [6.45, 7) is 1.07. The monoisotopic (exact) mass is 178 g/mol. The molecule has 0 aromatic carbocycles. The van der Waals surface area contributed by atoms with Crippen LogP contribution in [0.4, 0.5) is 0 Å². The lowest BCUT2D eigenvalue weighted by Crippen LogP contribution is -2.28. The van der Waals surface area contributed by atoms with Crippen molar-refractivity contribution in [1.29, 1.82) is 0 Å². The lowest BCUT2D eigenvalue weighted by atomic mass is 10.2. The van der Waals surface area contributed by atoms with Gasteiger partial charge >= 0.3 is 0 Å². The Hall–Kier alpha value is -0.280. The number of halogens is 1. The van der Waals surface area contributed by atoms with E-state index in [9.17, 15) is 4.79 Å². The second-order valence-electron chi connectivity index (χ2n) is 2.28. The van der Waals surface area contributed by atoms with E-state index in [1.54, 1.807) is 0 Å². The van der Waals surface area contributed by atoms with Gasteiger partial charge < -0.3 is 11.1 Å². The lowest BCUT2D eigenvalue weighted by molar-refractivity contribution is -0.121. The van der Waals surface area contributed by atoms with Gasteiger partial charge in [-0.3, -0.25) is 4.79 Å². The van der Waals surface area contributed by atoms with Crippen molar-refractivity contribution in [3.05, 3.63) is 0 Å². The molecule has 0 aliphatic heterocycles. The van der Waals surface area contributed by atoms with Crippen LogP contribution in [0, 0.1) is 0 Å². The number of carbonyl (C=O) groups excluding carboxylic acids is 1. The Morgan fingerprint density at radius 3 is 2.73 bits per heavy atom.